The molecule has 0 saturated carbocycles. The molecular weight excluding hydrogens is 274 g/mol. The zero-order valence-electron chi connectivity index (χ0n) is 10.2. The lowest BCUT2D eigenvalue weighted by Gasteiger charge is -2.12. The molecule has 1 aromatic carbocycles. The maximum Gasteiger partial charge on any atom is 0.328 e. The van der Waals surface area contributed by atoms with Crippen LogP contribution in [-0.4, -0.2) is 41.3 Å². The largest absolute Gasteiger partial charge is 0.484 e. The number of aliphatic hydroxyl groups is 1. The molecule has 0 unspecified atom stereocenters. The van der Waals surface area contributed by atoms with Crippen LogP contribution in [0.3, 0.4) is 0 Å². The Morgan fingerprint density at radius 2 is 2.16 bits per heavy atom. The Morgan fingerprint density at radius 3 is 2.68 bits per heavy atom. The molecule has 0 radical (unpaired) electrons. The van der Waals surface area contributed by atoms with Gasteiger partial charge < -0.3 is 20.3 Å². The molecule has 0 bridgehead atoms. The van der Waals surface area contributed by atoms with E-state index < -0.39 is 24.5 Å². The van der Waals surface area contributed by atoms with E-state index in [1.165, 1.54) is 0 Å². The van der Waals surface area contributed by atoms with Crippen LogP contribution < -0.4 is 10.1 Å². The normalized spacial score (nSPS) is 11.7. The minimum absolute atomic E-state index is 0.342. The quantitative estimate of drug-likeness (QED) is 0.712. The van der Waals surface area contributed by atoms with E-state index in [0.29, 0.717) is 10.8 Å². The van der Waals surface area contributed by atoms with Crippen LogP contribution in [0.5, 0.6) is 5.75 Å². The third-order valence-electron chi connectivity index (χ3n) is 2.32. The second-order valence-electron chi connectivity index (χ2n) is 3.84. The van der Waals surface area contributed by atoms with Crippen LogP contribution in [0.25, 0.3) is 0 Å². The lowest BCUT2D eigenvalue weighted by molar-refractivity contribution is -0.143. The summed E-state index contributed by atoms with van der Waals surface area (Å²) in [5, 5.41) is 20.1. The predicted octanol–water partition coefficient (Wildman–Crippen LogP) is 0.589. The number of hydrogen-bond donors (Lipinski definition) is 3. The zero-order valence-corrected chi connectivity index (χ0v) is 11.0. The summed E-state index contributed by atoms with van der Waals surface area (Å²) < 4.78 is 5.18. The topological polar surface area (TPSA) is 95.9 Å². The number of nitrogens with one attached hydrogen (secondary N) is 1. The number of halogens is 1. The molecule has 7 heteroatoms. The van der Waals surface area contributed by atoms with Crippen molar-refractivity contribution >= 4 is 23.5 Å². The van der Waals surface area contributed by atoms with Gasteiger partial charge in [-0.1, -0.05) is 11.6 Å². The molecule has 1 rings (SSSR count). The number of aliphatic carboxylic acids is 1. The average Bonchev–Trinajstić information content (AvgIpc) is 2.37. The Morgan fingerprint density at radius 1 is 1.47 bits per heavy atom. The van der Waals surface area contributed by atoms with Gasteiger partial charge in [0.15, 0.2) is 6.61 Å². The van der Waals surface area contributed by atoms with Crippen molar-refractivity contribution in [3.63, 3.8) is 0 Å². The number of carboxylic acids is 1. The van der Waals surface area contributed by atoms with Gasteiger partial charge in [-0.05, 0) is 30.7 Å². The van der Waals surface area contributed by atoms with Crippen LogP contribution >= 0.6 is 11.6 Å². The molecule has 0 aliphatic rings. The number of rotatable bonds is 6. The summed E-state index contributed by atoms with van der Waals surface area (Å²) >= 11 is 5.84. The number of carbonyl (C=O) groups is 2. The number of benzene rings is 1. The number of carboxylic acid groups (broad SMARTS) is 1. The Hall–Kier alpha value is -1.79. The minimum atomic E-state index is -1.33. The van der Waals surface area contributed by atoms with Gasteiger partial charge in [-0.15, -0.1) is 0 Å². The molecule has 19 heavy (non-hydrogen) atoms. The fourth-order valence-corrected chi connectivity index (χ4v) is 1.39. The first-order valence-electron chi connectivity index (χ1n) is 5.46. The van der Waals surface area contributed by atoms with Crippen LogP contribution in [0.4, 0.5) is 0 Å². The van der Waals surface area contributed by atoms with Crippen molar-refractivity contribution in [2.24, 2.45) is 0 Å². The van der Waals surface area contributed by atoms with Gasteiger partial charge in [0.25, 0.3) is 5.91 Å². The van der Waals surface area contributed by atoms with Gasteiger partial charge in [0.2, 0.25) is 0 Å². The second-order valence-corrected chi connectivity index (χ2v) is 4.25. The molecule has 104 valence electrons. The summed E-state index contributed by atoms with van der Waals surface area (Å²) in [6.45, 7) is 0.771. The fraction of sp³-hybridized carbons (Fsp3) is 0.333. The van der Waals surface area contributed by atoms with Crippen LogP contribution in [0.15, 0.2) is 18.2 Å². The second kappa shape index (κ2) is 6.96. The van der Waals surface area contributed by atoms with Crippen molar-refractivity contribution in [1.29, 1.82) is 0 Å². The Labute approximate surface area is 114 Å². The zero-order chi connectivity index (χ0) is 14.4. The van der Waals surface area contributed by atoms with Crippen molar-refractivity contribution in [2.75, 3.05) is 13.2 Å². The third-order valence-corrected chi connectivity index (χ3v) is 2.74. The molecule has 1 atom stereocenters. The Bertz CT molecular complexity index is 477. The van der Waals surface area contributed by atoms with E-state index in [4.69, 9.17) is 26.6 Å². The molecule has 1 aromatic rings. The standard InChI is InChI=1S/C12H14ClNO5/c1-7-4-8(2-3-9(7)13)19-6-11(16)14-10(5-15)12(17)18/h2-4,10,15H,5-6H2,1H3,(H,14,16)(H,17,18)/t10-/m0/s1. The maximum absolute atomic E-state index is 11.4. The molecule has 3 N–H and O–H groups in total. The maximum atomic E-state index is 11.4. The van der Waals surface area contributed by atoms with Gasteiger partial charge in [-0.25, -0.2) is 4.79 Å². The molecule has 0 aromatic heterocycles. The molecule has 0 aliphatic carbocycles. The molecule has 6 nitrogen and oxygen atoms in total. The van der Waals surface area contributed by atoms with Gasteiger partial charge in [0.05, 0.1) is 6.61 Å². The van der Waals surface area contributed by atoms with Crippen LogP contribution in [0, 0.1) is 6.92 Å². The van der Waals surface area contributed by atoms with E-state index in [1.54, 1.807) is 25.1 Å². The number of hydrogen-bond acceptors (Lipinski definition) is 4. The first-order chi connectivity index (χ1) is 8.93. The van der Waals surface area contributed by atoms with Crippen LogP contribution in [-0.2, 0) is 9.59 Å². The smallest absolute Gasteiger partial charge is 0.328 e. The van der Waals surface area contributed by atoms with E-state index in [1.807, 2.05) is 0 Å². The fourth-order valence-electron chi connectivity index (χ4n) is 1.28. The van der Waals surface area contributed by atoms with Crippen molar-refractivity contribution in [2.45, 2.75) is 13.0 Å². The average molecular weight is 288 g/mol. The van der Waals surface area contributed by atoms with Crippen molar-refractivity contribution in [1.82, 2.24) is 5.32 Å². The lowest BCUT2D eigenvalue weighted by Crippen LogP contribution is -2.45. The first kappa shape index (κ1) is 15.3. The van der Waals surface area contributed by atoms with E-state index >= 15 is 0 Å². The molecule has 0 fully saturated rings. The van der Waals surface area contributed by atoms with Gasteiger partial charge in [0.1, 0.15) is 11.8 Å². The highest BCUT2D eigenvalue weighted by Crippen LogP contribution is 2.20. The molecule has 0 spiro atoms. The molecule has 0 heterocycles. The summed E-state index contributed by atoms with van der Waals surface area (Å²) in [7, 11) is 0. The third kappa shape index (κ3) is 4.76. The van der Waals surface area contributed by atoms with Crippen molar-refractivity contribution in [3.05, 3.63) is 28.8 Å². The SMILES string of the molecule is Cc1cc(OCC(=O)N[C@@H](CO)C(=O)O)ccc1Cl. The lowest BCUT2D eigenvalue weighted by atomic mass is 10.2. The molecular formula is C12H14ClNO5. The first-order valence-corrected chi connectivity index (χ1v) is 5.84. The number of aliphatic hydroxyl groups excluding tert-OH is 1. The van der Waals surface area contributed by atoms with E-state index in [0.717, 1.165) is 5.56 Å². The van der Waals surface area contributed by atoms with Crippen molar-refractivity contribution < 1.29 is 24.5 Å². The van der Waals surface area contributed by atoms with Crippen molar-refractivity contribution in [3.8, 4) is 5.75 Å². The predicted molar refractivity (Wildman–Crippen MR) is 68.3 cm³/mol. The Kier molecular flexibility index (Phi) is 5.59. The monoisotopic (exact) mass is 287 g/mol. The van der Waals surface area contributed by atoms with Gasteiger partial charge in [-0.3, -0.25) is 4.79 Å². The van der Waals surface area contributed by atoms with Crippen LogP contribution in [0.2, 0.25) is 5.02 Å². The van der Waals surface area contributed by atoms with Gasteiger partial charge >= 0.3 is 5.97 Å². The van der Waals surface area contributed by atoms with E-state index in [2.05, 4.69) is 5.32 Å². The highest BCUT2D eigenvalue weighted by Gasteiger charge is 2.18. The summed E-state index contributed by atoms with van der Waals surface area (Å²) in [4.78, 5) is 22.0. The highest BCUT2D eigenvalue weighted by molar-refractivity contribution is 6.31. The molecule has 0 saturated heterocycles. The molecule has 1 amide bonds. The summed E-state index contributed by atoms with van der Waals surface area (Å²) in [6, 6.07) is 3.57. The van der Waals surface area contributed by atoms with E-state index in [-0.39, 0.29) is 6.61 Å². The summed E-state index contributed by atoms with van der Waals surface area (Å²) in [5.41, 5.74) is 0.804. The number of carbonyl (C=O) groups excluding carboxylic acids is 1. The summed E-state index contributed by atoms with van der Waals surface area (Å²) in [6.07, 6.45) is 0. The van der Waals surface area contributed by atoms with E-state index in [9.17, 15) is 9.59 Å². The number of aryl methyl sites for hydroxylation is 1. The van der Waals surface area contributed by atoms with Crippen LogP contribution in [0.1, 0.15) is 5.56 Å². The highest BCUT2D eigenvalue weighted by atomic mass is 35.5. The summed E-state index contributed by atoms with van der Waals surface area (Å²) in [5.74, 6) is -1.49. The number of ether oxygens (including phenoxy) is 1. The number of amides is 1. The minimum Gasteiger partial charge on any atom is -0.484 e. The van der Waals surface area contributed by atoms with Gasteiger partial charge in [-0.2, -0.15) is 0 Å². The Balaban J connectivity index is 2.49. The molecule has 0 aliphatic heterocycles. The van der Waals surface area contributed by atoms with Gasteiger partial charge in [0, 0.05) is 5.02 Å².